The van der Waals surface area contributed by atoms with Gasteiger partial charge in [-0.3, -0.25) is 10.8 Å². The average Bonchev–Trinajstić information content (AvgIpc) is 1.67. The third kappa shape index (κ3) is 6.06. The second-order valence-electron chi connectivity index (χ2n) is 0.931. The minimum absolute atomic E-state index is 0. The van der Waals surface area contributed by atoms with E-state index in [9.17, 15) is 9.46 Å². The van der Waals surface area contributed by atoms with Crippen LogP contribution in [0.4, 0.5) is 0 Å². The van der Waals surface area contributed by atoms with Crippen LogP contribution in [-0.4, -0.2) is 11.3 Å². The molecule has 0 fully saturated rings. The zero-order chi connectivity index (χ0) is 6.57. The molecule has 0 saturated heterocycles. The largest absolute Gasteiger partial charge is 1.00 e. The van der Waals surface area contributed by atoms with E-state index in [1.54, 1.807) is 5.87 Å². The molecule has 0 heterocycles. The van der Waals surface area contributed by atoms with Crippen LogP contribution in [0.5, 0.6) is 0 Å². The van der Waals surface area contributed by atoms with E-state index in [2.05, 4.69) is 0 Å². The molecule has 0 aliphatic rings. The van der Waals surface area contributed by atoms with Crippen LogP contribution in [0.15, 0.2) is 6.08 Å². The van der Waals surface area contributed by atoms with Gasteiger partial charge in [-0.15, -0.1) is 0 Å². The standard InChI is InChI=1S/C3H3N2O2P.Na/c4-2-1-3(5)8(6)7;/h1,4-5H;/q;+1. The van der Waals surface area contributed by atoms with E-state index in [-0.39, 0.29) is 29.6 Å². The van der Waals surface area contributed by atoms with Gasteiger partial charge < -0.3 is 4.89 Å². The van der Waals surface area contributed by atoms with Crippen LogP contribution in [0, 0.1) is 10.8 Å². The second-order valence-corrected chi connectivity index (χ2v) is 1.93. The van der Waals surface area contributed by atoms with Gasteiger partial charge in [0.05, 0.1) is 6.08 Å². The van der Waals surface area contributed by atoms with Crippen LogP contribution in [0.3, 0.4) is 0 Å². The van der Waals surface area contributed by atoms with E-state index in [0.29, 0.717) is 0 Å². The molecule has 0 saturated carbocycles. The van der Waals surface area contributed by atoms with Crippen LogP contribution >= 0.6 is 8.03 Å². The summed E-state index contributed by atoms with van der Waals surface area (Å²) in [6, 6.07) is 0. The third-order valence-corrected chi connectivity index (χ3v) is 0.928. The van der Waals surface area contributed by atoms with Gasteiger partial charge in [0.25, 0.3) is 5.45 Å². The van der Waals surface area contributed by atoms with Crippen molar-refractivity contribution in [3.05, 3.63) is 6.08 Å². The minimum atomic E-state index is -2.82. The van der Waals surface area contributed by atoms with Crippen molar-refractivity contribution in [1.82, 2.24) is 0 Å². The molecule has 0 bridgehead atoms. The van der Waals surface area contributed by atoms with Crippen LogP contribution in [0.2, 0.25) is 0 Å². The molecule has 0 spiro atoms. The smallest absolute Gasteiger partial charge is 0.589 e. The van der Waals surface area contributed by atoms with Gasteiger partial charge in [0, 0.05) is 0 Å². The van der Waals surface area contributed by atoms with Gasteiger partial charge in [-0.25, -0.2) is 0 Å². The van der Waals surface area contributed by atoms with Crippen molar-refractivity contribution in [2.24, 2.45) is 0 Å². The fourth-order valence-electron chi connectivity index (χ4n) is 0.121. The summed E-state index contributed by atoms with van der Waals surface area (Å²) in [7, 11) is -2.82. The molecule has 0 aliphatic carbocycles. The Morgan fingerprint density at radius 3 is 2.33 bits per heavy atom. The van der Waals surface area contributed by atoms with Crippen molar-refractivity contribution < 1.29 is 39.0 Å². The van der Waals surface area contributed by atoms with Crippen molar-refractivity contribution in [3.63, 3.8) is 0 Å². The van der Waals surface area contributed by atoms with Crippen molar-refractivity contribution in [1.29, 1.82) is 10.8 Å². The Morgan fingerprint density at radius 2 is 2.22 bits per heavy atom. The molecular formula is C3H3N2NaO2P+. The summed E-state index contributed by atoms with van der Waals surface area (Å²) in [6.07, 6.45) is 0.770. The van der Waals surface area contributed by atoms with E-state index in [0.717, 1.165) is 6.08 Å². The fraction of sp³-hybridized carbons (Fsp3) is 0. The molecule has 1 unspecified atom stereocenters. The predicted molar refractivity (Wildman–Crippen MR) is 27.6 cm³/mol. The Kier molecular flexibility index (Phi) is 8.34. The number of hydrogen-bond donors (Lipinski definition) is 2. The van der Waals surface area contributed by atoms with Gasteiger partial charge in [-0.05, 0) is 5.87 Å². The summed E-state index contributed by atoms with van der Waals surface area (Å²) < 4.78 is 9.75. The quantitative estimate of drug-likeness (QED) is 0.249. The van der Waals surface area contributed by atoms with Gasteiger partial charge >= 0.3 is 37.6 Å². The first-order chi connectivity index (χ1) is 3.68. The third-order valence-electron chi connectivity index (χ3n) is 0.406. The van der Waals surface area contributed by atoms with Crippen molar-refractivity contribution in [2.45, 2.75) is 0 Å². The van der Waals surface area contributed by atoms with Crippen molar-refractivity contribution in [2.75, 3.05) is 0 Å². The molecule has 2 N–H and O–H groups in total. The molecular weight excluding hydrogens is 150 g/mol. The van der Waals surface area contributed by atoms with Crippen molar-refractivity contribution >= 4 is 19.4 Å². The molecule has 42 valence electrons. The molecule has 1 atom stereocenters. The maximum Gasteiger partial charge on any atom is 1.00 e. The van der Waals surface area contributed by atoms with Gasteiger partial charge in [0.15, 0.2) is 0 Å². The van der Waals surface area contributed by atoms with E-state index in [1.807, 2.05) is 0 Å². The molecule has 0 amide bonds. The summed E-state index contributed by atoms with van der Waals surface area (Å²) in [5, 5.41) is 12.7. The Labute approximate surface area is 75.1 Å². The van der Waals surface area contributed by atoms with Gasteiger partial charge in [0.1, 0.15) is 0 Å². The summed E-state index contributed by atoms with van der Waals surface area (Å²) in [5.41, 5.74) is -0.588. The Hall–Kier alpha value is 0.180. The normalized spacial score (nSPS) is 8.33. The fourth-order valence-corrected chi connectivity index (χ4v) is 0.291. The first kappa shape index (κ1) is 11.9. The Morgan fingerprint density at radius 1 is 1.78 bits per heavy atom. The van der Waals surface area contributed by atoms with Crippen LogP contribution < -0.4 is 34.5 Å². The minimum Gasteiger partial charge on any atom is -0.589 e. The van der Waals surface area contributed by atoms with E-state index < -0.39 is 13.5 Å². The van der Waals surface area contributed by atoms with Crippen LogP contribution in [0.25, 0.3) is 0 Å². The maximum atomic E-state index is 9.75. The zero-order valence-electron chi connectivity index (χ0n) is 4.84. The van der Waals surface area contributed by atoms with Gasteiger partial charge in [0.2, 0.25) is 0 Å². The topological polar surface area (TPSA) is 87.8 Å². The molecule has 9 heavy (non-hydrogen) atoms. The summed E-state index contributed by atoms with van der Waals surface area (Å²) in [5.74, 6) is 1.67. The molecule has 0 rings (SSSR count). The number of hydrogen-bond acceptors (Lipinski definition) is 4. The summed E-state index contributed by atoms with van der Waals surface area (Å²) >= 11 is 0. The number of allylic oxidation sites excluding steroid dienone is 1. The Balaban J connectivity index is 0. The monoisotopic (exact) mass is 153 g/mol. The van der Waals surface area contributed by atoms with Crippen molar-refractivity contribution in [3.8, 4) is 0 Å². The van der Waals surface area contributed by atoms with Crippen LogP contribution in [0.1, 0.15) is 0 Å². The Bertz CT molecular complexity index is 171. The average molecular weight is 153 g/mol. The predicted octanol–water partition coefficient (Wildman–Crippen LogP) is -3.12. The SMILES string of the molecule is N=C=CC(=N)[P+](=O)[O-].[Na+]. The first-order valence-corrected chi connectivity index (χ1v) is 2.84. The van der Waals surface area contributed by atoms with E-state index in [1.165, 1.54) is 0 Å². The summed E-state index contributed by atoms with van der Waals surface area (Å²) in [6.45, 7) is 0. The van der Waals surface area contributed by atoms with E-state index in [4.69, 9.17) is 10.8 Å². The number of rotatable bonds is 2. The van der Waals surface area contributed by atoms with Gasteiger partial charge in [-0.1, -0.05) is 4.57 Å². The first-order valence-electron chi connectivity index (χ1n) is 1.67. The number of nitrogens with one attached hydrogen (secondary N) is 2. The molecule has 0 aromatic rings. The molecule has 0 radical (unpaired) electrons. The van der Waals surface area contributed by atoms with Gasteiger partial charge in [-0.2, -0.15) is 0 Å². The molecule has 4 nitrogen and oxygen atoms in total. The second kappa shape index (κ2) is 6.30. The van der Waals surface area contributed by atoms with E-state index >= 15 is 0 Å². The molecule has 6 heteroatoms. The molecule has 0 aromatic carbocycles. The molecule has 0 aromatic heterocycles. The zero-order valence-corrected chi connectivity index (χ0v) is 7.74. The maximum absolute atomic E-state index is 9.75. The molecule has 0 aliphatic heterocycles. The summed E-state index contributed by atoms with van der Waals surface area (Å²) in [4.78, 5) is 9.75. The van der Waals surface area contributed by atoms with Crippen LogP contribution in [-0.2, 0) is 4.57 Å².